The molecule has 0 heterocycles. The summed E-state index contributed by atoms with van der Waals surface area (Å²) in [5.74, 6) is 0. The molecule has 0 saturated heterocycles. The van der Waals surface area contributed by atoms with Gasteiger partial charge in [0.15, 0.2) is 0 Å². The Morgan fingerprint density at radius 3 is 2.11 bits per heavy atom. The van der Waals surface area contributed by atoms with Crippen LogP contribution in [0.25, 0.3) is 0 Å². The van der Waals surface area contributed by atoms with Crippen LogP contribution in [0.3, 0.4) is 0 Å². The Hall–Kier alpha value is -0.570. The van der Waals surface area contributed by atoms with Gasteiger partial charge in [0, 0.05) is 11.6 Å². The molecule has 2 nitrogen and oxygen atoms in total. The lowest BCUT2D eigenvalue weighted by atomic mass is 9.84. The van der Waals surface area contributed by atoms with Crippen molar-refractivity contribution in [2.45, 2.75) is 45.3 Å². The van der Waals surface area contributed by atoms with Gasteiger partial charge in [-0.25, -0.2) is 0 Å². The molecule has 0 saturated carbocycles. The molecule has 1 rings (SSSR count). The second-order valence-corrected chi connectivity index (χ2v) is 4.91. The van der Waals surface area contributed by atoms with Gasteiger partial charge in [0.25, 0.3) is 0 Å². The lowest BCUT2D eigenvalue weighted by molar-refractivity contribution is -0.0717. The van der Waals surface area contributed by atoms with Crippen LogP contribution in [0, 0.1) is 0 Å². The average molecular weight is 270 g/mol. The Morgan fingerprint density at radius 2 is 1.72 bits per heavy atom. The number of hydrogen-bond donors (Lipinski definition) is 1. The molecule has 102 valence electrons. The van der Waals surface area contributed by atoms with Gasteiger partial charge in [0.05, 0.1) is 11.6 Å². The highest BCUT2D eigenvalue weighted by atomic mass is 35.5. The van der Waals surface area contributed by atoms with E-state index in [2.05, 4.69) is 38.2 Å². The zero-order valence-corrected chi connectivity index (χ0v) is 12.6. The van der Waals surface area contributed by atoms with Crippen molar-refractivity contribution in [3.63, 3.8) is 0 Å². The standard InChI is InChI=1S/C15H24ClNO/c1-5-15(6-2,18-7-3)14(17-4)12-8-10-13(16)11-9-12/h8-11,14,17H,5-7H2,1-4H3. The van der Waals surface area contributed by atoms with E-state index in [0.29, 0.717) is 0 Å². The molecule has 1 unspecified atom stereocenters. The van der Waals surface area contributed by atoms with Crippen molar-refractivity contribution in [1.82, 2.24) is 5.32 Å². The van der Waals surface area contributed by atoms with Gasteiger partial charge in [-0.1, -0.05) is 37.6 Å². The van der Waals surface area contributed by atoms with E-state index >= 15 is 0 Å². The van der Waals surface area contributed by atoms with Gasteiger partial charge in [-0.3, -0.25) is 0 Å². The second kappa shape index (κ2) is 7.13. The number of halogens is 1. The molecule has 0 fully saturated rings. The predicted octanol–water partition coefficient (Wildman–Crippen LogP) is 4.20. The highest BCUT2D eigenvalue weighted by molar-refractivity contribution is 6.30. The number of ether oxygens (including phenoxy) is 1. The lowest BCUT2D eigenvalue weighted by Crippen LogP contribution is -2.44. The monoisotopic (exact) mass is 269 g/mol. The minimum Gasteiger partial charge on any atom is -0.373 e. The number of likely N-dealkylation sites (N-methyl/N-ethyl adjacent to an activating group) is 1. The fraction of sp³-hybridized carbons (Fsp3) is 0.600. The summed E-state index contributed by atoms with van der Waals surface area (Å²) in [7, 11) is 1.98. The maximum absolute atomic E-state index is 6.07. The van der Waals surface area contributed by atoms with Crippen molar-refractivity contribution < 1.29 is 4.74 Å². The minimum atomic E-state index is -0.155. The minimum absolute atomic E-state index is 0.155. The van der Waals surface area contributed by atoms with E-state index in [-0.39, 0.29) is 11.6 Å². The van der Waals surface area contributed by atoms with Crippen LogP contribution in [-0.4, -0.2) is 19.3 Å². The van der Waals surface area contributed by atoms with Gasteiger partial charge < -0.3 is 10.1 Å². The van der Waals surface area contributed by atoms with Crippen LogP contribution < -0.4 is 5.32 Å². The summed E-state index contributed by atoms with van der Waals surface area (Å²) in [5.41, 5.74) is 1.07. The Labute approximate surface area is 116 Å². The van der Waals surface area contributed by atoms with Crippen molar-refractivity contribution in [3.05, 3.63) is 34.9 Å². The van der Waals surface area contributed by atoms with Gasteiger partial charge in [-0.15, -0.1) is 0 Å². The average Bonchev–Trinajstić information content (AvgIpc) is 2.40. The fourth-order valence-corrected chi connectivity index (χ4v) is 2.75. The van der Waals surface area contributed by atoms with Gasteiger partial charge in [0.2, 0.25) is 0 Å². The maximum atomic E-state index is 6.07. The molecule has 0 aromatic heterocycles. The van der Waals surface area contributed by atoms with E-state index < -0.39 is 0 Å². The molecule has 0 radical (unpaired) electrons. The van der Waals surface area contributed by atoms with Crippen LogP contribution in [0.5, 0.6) is 0 Å². The van der Waals surface area contributed by atoms with E-state index in [0.717, 1.165) is 24.5 Å². The Morgan fingerprint density at radius 1 is 1.17 bits per heavy atom. The highest BCUT2D eigenvalue weighted by Crippen LogP contribution is 2.35. The maximum Gasteiger partial charge on any atom is 0.0870 e. The zero-order chi connectivity index (χ0) is 13.6. The molecule has 0 bridgehead atoms. The SMILES string of the molecule is CCOC(CC)(CC)C(NC)c1ccc(Cl)cc1. The third-order valence-corrected chi connectivity index (χ3v) is 3.90. The lowest BCUT2D eigenvalue weighted by Gasteiger charge is -2.39. The van der Waals surface area contributed by atoms with E-state index in [1.165, 1.54) is 5.56 Å². The molecule has 0 spiro atoms. The van der Waals surface area contributed by atoms with Crippen LogP contribution in [-0.2, 0) is 4.74 Å². The van der Waals surface area contributed by atoms with Crippen LogP contribution in [0.2, 0.25) is 5.02 Å². The third-order valence-electron chi connectivity index (χ3n) is 3.65. The molecule has 1 atom stereocenters. The topological polar surface area (TPSA) is 21.3 Å². The zero-order valence-electron chi connectivity index (χ0n) is 11.8. The summed E-state index contributed by atoms with van der Waals surface area (Å²) in [6.45, 7) is 7.14. The predicted molar refractivity (Wildman–Crippen MR) is 78.2 cm³/mol. The molecule has 1 N–H and O–H groups in total. The Bertz CT molecular complexity index is 346. The summed E-state index contributed by atoms with van der Waals surface area (Å²) < 4.78 is 6.07. The van der Waals surface area contributed by atoms with Crippen LogP contribution >= 0.6 is 11.6 Å². The Kier molecular flexibility index (Phi) is 6.13. The fourth-order valence-electron chi connectivity index (χ4n) is 2.62. The quantitative estimate of drug-likeness (QED) is 0.801. The number of benzene rings is 1. The number of nitrogens with one attached hydrogen (secondary N) is 1. The van der Waals surface area contributed by atoms with Gasteiger partial charge >= 0.3 is 0 Å². The van der Waals surface area contributed by atoms with Crippen molar-refractivity contribution in [3.8, 4) is 0 Å². The first kappa shape index (κ1) is 15.5. The van der Waals surface area contributed by atoms with E-state index in [9.17, 15) is 0 Å². The molecule has 0 amide bonds. The van der Waals surface area contributed by atoms with Crippen LogP contribution in [0.15, 0.2) is 24.3 Å². The normalized spacial score (nSPS) is 13.6. The summed E-state index contributed by atoms with van der Waals surface area (Å²) in [4.78, 5) is 0. The molecule has 3 heteroatoms. The van der Waals surface area contributed by atoms with E-state index in [1.807, 2.05) is 19.2 Å². The molecular formula is C15H24ClNO. The van der Waals surface area contributed by atoms with Gasteiger partial charge in [0.1, 0.15) is 0 Å². The third kappa shape index (κ3) is 3.25. The van der Waals surface area contributed by atoms with Gasteiger partial charge in [-0.05, 0) is 44.5 Å². The van der Waals surface area contributed by atoms with Crippen molar-refractivity contribution in [2.75, 3.05) is 13.7 Å². The van der Waals surface area contributed by atoms with Crippen molar-refractivity contribution in [1.29, 1.82) is 0 Å². The first-order valence-electron chi connectivity index (χ1n) is 6.70. The second-order valence-electron chi connectivity index (χ2n) is 4.48. The molecular weight excluding hydrogens is 246 g/mol. The van der Waals surface area contributed by atoms with Crippen molar-refractivity contribution in [2.24, 2.45) is 0 Å². The largest absolute Gasteiger partial charge is 0.373 e. The molecule has 0 aliphatic heterocycles. The molecule has 1 aromatic carbocycles. The number of rotatable bonds is 7. The van der Waals surface area contributed by atoms with Crippen LogP contribution in [0.1, 0.15) is 45.2 Å². The van der Waals surface area contributed by atoms with Gasteiger partial charge in [-0.2, -0.15) is 0 Å². The summed E-state index contributed by atoms with van der Waals surface area (Å²) in [6.07, 6.45) is 1.96. The molecule has 0 aliphatic rings. The number of hydrogen-bond acceptors (Lipinski definition) is 2. The Balaban J connectivity index is 3.08. The summed E-state index contributed by atoms with van der Waals surface area (Å²) in [5, 5.41) is 4.16. The summed E-state index contributed by atoms with van der Waals surface area (Å²) in [6, 6.07) is 8.20. The smallest absolute Gasteiger partial charge is 0.0870 e. The first-order valence-corrected chi connectivity index (χ1v) is 7.08. The van der Waals surface area contributed by atoms with E-state index in [4.69, 9.17) is 16.3 Å². The van der Waals surface area contributed by atoms with E-state index in [1.54, 1.807) is 0 Å². The first-order chi connectivity index (χ1) is 8.63. The van der Waals surface area contributed by atoms with Crippen molar-refractivity contribution >= 4 is 11.6 Å². The molecule has 1 aromatic rings. The highest BCUT2D eigenvalue weighted by Gasteiger charge is 2.36. The molecule has 0 aliphatic carbocycles. The molecule has 18 heavy (non-hydrogen) atoms. The summed E-state index contributed by atoms with van der Waals surface area (Å²) >= 11 is 5.95. The van der Waals surface area contributed by atoms with Crippen LogP contribution in [0.4, 0.5) is 0 Å².